The summed E-state index contributed by atoms with van der Waals surface area (Å²) in [4.78, 5) is 0. The van der Waals surface area contributed by atoms with Crippen LogP contribution in [0.4, 0.5) is 0 Å². The molecule has 0 aliphatic rings. The first-order chi connectivity index (χ1) is 23.5. The lowest BCUT2D eigenvalue weighted by molar-refractivity contribution is 0.590. The van der Waals surface area contributed by atoms with Crippen LogP contribution in [0.5, 0.6) is 0 Å². The van der Waals surface area contributed by atoms with Crippen molar-refractivity contribution in [2.45, 2.75) is 26.2 Å². The maximum atomic E-state index is 6.92. The molecule has 48 heavy (non-hydrogen) atoms. The van der Waals surface area contributed by atoms with E-state index in [2.05, 4.69) is 154 Å². The van der Waals surface area contributed by atoms with Crippen molar-refractivity contribution in [2.24, 2.45) is 0 Å². The molecule has 2 heteroatoms. The summed E-state index contributed by atoms with van der Waals surface area (Å²) < 4.78 is 13.3. The van der Waals surface area contributed by atoms with E-state index in [4.69, 9.17) is 8.83 Å². The van der Waals surface area contributed by atoms with Crippen LogP contribution < -0.4 is 0 Å². The van der Waals surface area contributed by atoms with Crippen molar-refractivity contribution in [3.8, 4) is 22.3 Å². The van der Waals surface area contributed by atoms with Crippen molar-refractivity contribution in [3.05, 3.63) is 145 Å². The molecule has 10 aromatic rings. The number of hydrogen-bond donors (Lipinski definition) is 0. The molecule has 0 atom stereocenters. The Balaban J connectivity index is 1.40. The topological polar surface area (TPSA) is 26.3 Å². The molecule has 10 rings (SSSR count). The van der Waals surface area contributed by atoms with Gasteiger partial charge in [-0.25, -0.2) is 0 Å². The number of rotatable bonds is 2. The predicted molar refractivity (Wildman–Crippen MR) is 203 cm³/mol. The summed E-state index contributed by atoms with van der Waals surface area (Å²) in [5.74, 6) is 0. The van der Waals surface area contributed by atoms with Crippen LogP contribution in [-0.4, -0.2) is 0 Å². The van der Waals surface area contributed by atoms with E-state index < -0.39 is 0 Å². The molecule has 8 aromatic carbocycles. The first-order valence-corrected chi connectivity index (χ1v) is 16.7. The lowest BCUT2D eigenvalue weighted by Gasteiger charge is -2.22. The lowest BCUT2D eigenvalue weighted by Crippen LogP contribution is -2.10. The summed E-state index contributed by atoms with van der Waals surface area (Å²) in [5.41, 5.74) is 9.75. The highest BCUT2D eigenvalue weighted by atomic mass is 16.3. The minimum atomic E-state index is 0.0469. The second-order valence-electron chi connectivity index (χ2n) is 14.0. The smallest absolute Gasteiger partial charge is 0.143 e. The highest BCUT2D eigenvalue weighted by molar-refractivity contribution is 6.34. The van der Waals surface area contributed by atoms with Crippen LogP contribution in [0.2, 0.25) is 0 Å². The molecule has 0 saturated carbocycles. The van der Waals surface area contributed by atoms with Crippen molar-refractivity contribution >= 4 is 76.2 Å². The molecule has 0 N–H and O–H groups in total. The van der Waals surface area contributed by atoms with Gasteiger partial charge in [0, 0.05) is 38.1 Å². The van der Waals surface area contributed by atoms with Gasteiger partial charge < -0.3 is 8.83 Å². The molecule has 2 heterocycles. The Bertz CT molecular complexity index is 2870. The molecular formula is C46H32O2. The number of hydrogen-bond acceptors (Lipinski definition) is 2. The first kappa shape index (κ1) is 27.3. The van der Waals surface area contributed by atoms with Gasteiger partial charge in [-0.2, -0.15) is 0 Å². The molecule has 0 bridgehead atoms. The summed E-state index contributed by atoms with van der Waals surface area (Å²) in [5, 5.41) is 11.7. The van der Waals surface area contributed by atoms with Gasteiger partial charge in [-0.3, -0.25) is 0 Å². The zero-order valence-electron chi connectivity index (χ0n) is 27.1. The minimum Gasteiger partial charge on any atom is -0.456 e. The minimum absolute atomic E-state index is 0.0469. The van der Waals surface area contributed by atoms with E-state index in [9.17, 15) is 0 Å². The summed E-state index contributed by atoms with van der Waals surface area (Å²) >= 11 is 0. The molecule has 0 unspecified atom stereocenters. The quantitative estimate of drug-likeness (QED) is 0.181. The maximum absolute atomic E-state index is 6.92. The van der Waals surface area contributed by atoms with Crippen LogP contribution in [0.1, 0.15) is 26.3 Å². The summed E-state index contributed by atoms with van der Waals surface area (Å²) in [6.45, 7) is 6.84. The van der Waals surface area contributed by atoms with E-state index in [1.54, 1.807) is 0 Å². The van der Waals surface area contributed by atoms with E-state index in [0.717, 1.165) is 49.4 Å². The summed E-state index contributed by atoms with van der Waals surface area (Å²) in [6.07, 6.45) is 0. The fraction of sp³-hybridized carbons (Fsp3) is 0.0870. The van der Waals surface area contributed by atoms with E-state index in [0.29, 0.717) is 0 Å². The normalized spacial score (nSPS) is 12.5. The number of furan rings is 2. The van der Waals surface area contributed by atoms with Crippen LogP contribution in [0, 0.1) is 0 Å². The monoisotopic (exact) mass is 616 g/mol. The van der Waals surface area contributed by atoms with E-state index >= 15 is 0 Å². The van der Waals surface area contributed by atoms with E-state index in [1.165, 1.54) is 54.6 Å². The number of para-hydroxylation sites is 2. The third-order valence-electron chi connectivity index (χ3n) is 10.2. The molecular weight excluding hydrogens is 585 g/mol. The Morgan fingerprint density at radius 3 is 1.62 bits per heavy atom. The number of fused-ring (bicyclic) bond motifs is 11. The van der Waals surface area contributed by atoms with Gasteiger partial charge in [0.15, 0.2) is 0 Å². The fourth-order valence-electron chi connectivity index (χ4n) is 7.98. The fourth-order valence-corrected chi connectivity index (χ4v) is 7.98. The van der Waals surface area contributed by atoms with Gasteiger partial charge in [0.1, 0.15) is 22.3 Å². The van der Waals surface area contributed by atoms with Gasteiger partial charge in [-0.15, -0.1) is 0 Å². The van der Waals surface area contributed by atoms with Crippen LogP contribution >= 0.6 is 0 Å². The second kappa shape index (κ2) is 9.82. The summed E-state index contributed by atoms with van der Waals surface area (Å²) in [6, 6.07) is 50.3. The third-order valence-corrected chi connectivity index (χ3v) is 10.2. The lowest BCUT2D eigenvalue weighted by atomic mass is 9.82. The third kappa shape index (κ3) is 3.80. The van der Waals surface area contributed by atoms with Gasteiger partial charge in [0.05, 0.1) is 0 Å². The van der Waals surface area contributed by atoms with Gasteiger partial charge in [-0.05, 0) is 73.3 Å². The van der Waals surface area contributed by atoms with Crippen molar-refractivity contribution < 1.29 is 8.83 Å². The van der Waals surface area contributed by atoms with Crippen molar-refractivity contribution in [1.29, 1.82) is 0 Å². The molecule has 2 aromatic heterocycles. The standard InChI is InChI=1S/C46H32O2/c1-46(2,3)29-14-12-13-27(25-29)40-30-15-4-6-17-32(30)42(33-18-7-5-16-31(33)40)36-26-28-23-24-39-43(34-19-8-10-21-37(34)47-39)41(28)44-35-20-9-11-22-38(35)48-45(36)44/h4-26H,1-3H3. The van der Waals surface area contributed by atoms with Crippen molar-refractivity contribution in [3.63, 3.8) is 0 Å². The second-order valence-corrected chi connectivity index (χ2v) is 14.0. The molecule has 0 aliphatic carbocycles. The molecule has 0 fully saturated rings. The molecule has 0 spiro atoms. The Morgan fingerprint density at radius 2 is 0.979 bits per heavy atom. The summed E-state index contributed by atoms with van der Waals surface area (Å²) in [7, 11) is 0. The SMILES string of the molecule is CC(C)(C)c1cccc(-c2c3ccccc3c(-c3cc4ccc5oc6ccccc6c5c4c4c3oc3ccccc34)c3ccccc23)c1. The molecule has 0 radical (unpaired) electrons. The molecule has 0 amide bonds. The Labute approximate surface area is 277 Å². The Kier molecular flexibility index (Phi) is 5.58. The maximum Gasteiger partial charge on any atom is 0.143 e. The molecule has 228 valence electrons. The average molecular weight is 617 g/mol. The van der Waals surface area contributed by atoms with Crippen LogP contribution in [-0.2, 0) is 5.41 Å². The first-order valence-electron chi connectivity index (χ1n) is 16.7. The van der Waals surface area contributed by atoms with Gasteiger partial charge in [-0.1, -0.05) is 136 Å². The van der Waals surface area contributed by atoms with Crippen LogP contribution in [0.15, 0.2) is 148 Å². The van der Waals surface area contributed by atoms with Crippen LogP contribution in [0.25, 0.3) is 98.4 Å². The number of benzene rings is 8. The van der Waals surface area contributed by atoms with Gasteiger partial charge >= 0.3 is 0 Å². The van der Waals surface area contributed by atoms with Gasteiger partial charge in [0.25, 0.3) is 0 Å². The van der Waals surface area contributed by atoms with E-state index in [1.807, 2.05) is 6.07 Å². The van der Waals surface area contributed by atoms with Crippen LogP contribution in [0.3, 0.4) is 0 Å². The largest absolute Gasteiger partial charge is 0.456 e. The highest BCUT2D eigenvalue weighted by Crippen LogP contribution is 2.50. The van der Waals surface area contributed by atoms with Crippen molar-refractivity contribution in [1.82, 2.24) is 0 Å². The van der Waals surface area contributed by atoms with Gasteiger partial charge in [0.2, 0.25) is 0 Å². The van der Waals surface area contributed by atoms with Crippen molar-refractivity contribution in [2.75, 3.05) is 0 Å². The highest BCUT2D eigenvalue weighted by Gasteiger charge is 2.24. The zero-order chi connectivity index (χ0) is 32.1. The Morgan fingerprint density at radius 1 is 0.417 bits per heavy atom. The zero-order valence-corrected chi connectivity index (χ0v) is 27.1. The molecule has 0 aliphatic heterocycles. The molecule has 0 saturated heterocycles. The predicted octanol–water partition coefficient (Wildman–Crippen LogP) is 13.6. The van der Waals surface area contributed by atoms with E-state index in [-0.39, 0.29) is 5.41 Å². The molecule has 2 nitrogen and oxygen atoms in total. The Hall–Kier alpha value is -5.86. The average Bonchev–Trinajstić information content (AvgIpc) is 3.69.